The second kappa shape index (κ2) is 6.42. The molecule has 0 bridgehead atoms. The summed E-state index contributed by atoms with van der Waals surface area (Å²) in [5.41, 5.74) is 0.401. The van der Waals surface area contributed by atoms with Crippen molar-refractivity contribution in [1.29, 1.82) is 0 Å². The van der Waals surface area contributed by atoms with E-state index in [2.05, 4.69) is 20.8 Å². The topological polar surface area (TPSA) is 17.1 Å². The Kier molecular flexibility index (Phi) is 5.51. The monoisotopic (exact) mass is 224 g/mol. The maximum absolute atomic E-state index is 11.5. The number of carbonyl (C=O) groups is 1. The molecule has 0 aromatic rings. The molecular formula is C15H28O. The van der Waals surface area contributed by atoms with Crippen LogP contribution in [0.2, 0.25) is 0 Å². The van der Waals surface area contributed by atoms with Gasteiger partial charge in [-0.1, -0.05) is 52.9 Å². The fourth-order valence-corrected chi connectivity index (χ4v) is 2.81. The minimum absolute atomic E-state index is 0.401. The van der Waals surface area contributed by atoms with E-state index in [-0.39, 0.29) is 0 Å². The van der Waals surface area contributed by atoms with Gasteiger partial charge in [-0.2, -0.15) is 0 Å². The van der Waals surface area contributed by atoms with Crippen LogP contribution in [0, 0.1) is 11.3 Å². The number of hydrogen-bond donors (Lipinski definition) is 0. The lowest BCUT2D eigenvalue weighted by atomic mass is 9.67. The van der Waals surface area contributed by atoms with Crippen LogP contribution >= 0.6 is 0 Å². The molecule has 1 fully saturated rings. The number of rotatable bonds is 6. The number of carbonyl (C=O) groups excluding carboxylic acids is 1. The Bertz CT molecular complexity index is 217. The molecule has 0 aromatic heterocycles. The highest BCUT2D eigenvalue weighted by Gasteiger charge is 2.34. The number of unbranched alkanes of at least 4 members (excludes halogenated alkanes) is 4. The molecule has 0 saturated heterocycles. The van der Waals surface area contributed by atoms with E-state index in [4.69, 9.17) is 0 Å². The van der Waals surface area contributed by atoms with Crippen molar-refractivity contribution in [3.05, 3.63) is 0 Å². The summed E-state index contributed by atoms with van der Waals surface area (Å²) in [5, 5.41) is 0. The van der Waals surface area contributed by atoms with Gasteiger partial charge >= 0.3 is 0 Å². The van der Waals surface area contributed by atoms with Crippen LogP contribution in [-0.2, 0) is 4.79 Å². The van der Waals surface area contributed by atoms with Crippen molar-refractivity contribution >= 4 is 5.78 Å². The Labute approximate surface area is 101 Å². The first-order valence-electron chi connectivity index (χ1n) is 7.08. The summed E-state index contributed by atoms with van der Waals surface area (Å²) in [6.45, 7) is 6.94. The number of Topliss-reactive ketones (excluding diaryl/α,β-unsaturated/α-hetero) is 1. The summed E-state index contributed by atoms with van der Waals surface area (Å²) in [7, 11) is 0. The van der Waals surface area contributed by atoms with Crippen molar-refractivity contribution in [2.45, 2.75) is 78.6 Å². The molecule has 0 N–H and O–H groups in total. The zero-order valence-electron chi connectivity index (χ0n) is 11.3. The normalized spacial score (nSPS) is 24.7. The largest absolute Gasteiger partial charge is 0.300 e. The Morgan fingerprint density at radius 2 is 1.88 bits per heavy atom. The minimum atomic E-state index is 0.401. The molecule has 1 aliphatic carbocycles. The van der Waals surface area contributed by atoms with E-state index in [1.807, 2.05) is 0 Å². The summed E-state index contributed by atoms with van der Waals surface area (Å²) in [4.78, 5) is 11.5. The first kappa shape index (κ1) is 13.7. The van der Waals surface area contributed by atoms with E-state index < -0.39 is 0 Å². The van der Waals surface area contributed by atoms with Crippen molar-refractivity contribution in [3.8, 4) is 0 Å². The molecule has 1 unspecified atom stereocenters. The average Bonchev–Trinajstić information content (AvgIpc) is 2.23. The third-order valence-corrected chi connectivity index (χ3v) is 4.28. The van der Waals surface area contributed by atoms with Crippen LogP contribution in [-0.4, -0.2) is 5.78 Å². The lowest BCUT2D eigenvalue weighted by Gasteiger charge is -2.38. The molecule has 1 aliphatic rings. The molecule has 0 aliphatic heterocycles. The predicted octanol–water partition coefficient (Wildman–Crippen LogP) is 4.74. The highest BCUT2D eigenvalue weighted by molar-refractivity contribution is 5.79. The second-order valence-electron chi connectivity index (χ2n) is 6.13. The predicted molar refractivity (Wildman–Crippen MR) is 69.5 cm³/mol. The molecule has 1 heteroatoms. The van der Waals surface area contributed by atoms with Gasteiger partial charge in [0.1, 0.15) is 5.78 Å². The van der Waals surface area contributed by atoms with Gasteiger partial charge in [-0.3, -0.25) is 4.79 Å². The van der Waals surface area contributed by atoms with Gasteiger partial charge < -0.3 is 0 Å². The first-order chi connectivity index (χ1) is 7.56. The van der Waals surface area contributed by atoms with E-state index in [9.17, 15) is 4.79 Å². The van der Waals surface area contributed by atoms with E-state index in [1.54, 1.807) is 0 Å². The Hall–Kier alpha value is -0.330. The van der Waals surface area contributed by atoms with Gasteiger partial charge in [0.05, 0.1) is 0 Å². The molecule has 1 atom stereocenters. The van der Waals surface area contributed by atoms with Crippen LogP contribution in [0.1, 0.15) is 78.6 Å². The van der Waals surface area contributed by atoms with Crippen LogP contribution in [0.4, 0.5) is 0 Å². The fraction of sp³-hybridized carbons (Fsp3) is 0.933. The average molecular weight is 224 g/mol. The molecule has 1 rings (SSSR count). The van der Waals surface area contributed by atoms with Crippen LogP contribution in [0.25, 0.3) is 0 Å². The zero-order valence-corrected chi connectivity index (χ0v) is 11.3. The molecule has 0 heterocycles. The molecule has 0 radical (unpaired) electrons. The van der Waals surface area contributed by atoms with Crippen molar-refractivity contribution in [3.63, 3.8) is 0 Å². The molecule has 1 saturated carbocycles. The van der Waals surface area contributed by atoms with Crippen LogP contribution in [0.15, 0.2) is 0 Å². The maximum atomic E-state index is 11.5. The molecule has 1 nitrogen and oxygen atoms in total. The van der Waals surface area contributed by atoms with Crippen LogP contribution < -0.4 is 0 Å². The summed E-state index contributed by atoms with van der Waals surface area (Å²) in [5.74, 6) is 1.15. The Morgan fingerprint density at radius 3 is 2.56 bits per heavy atom. The standard InChI is InChI=1S/C15H28O/c1-4-5-6-7-8-9-13-12-14(16)10-11-15(13,2)3/h13H,4-12H2,1-3H3. The minimum Gasteiger partial charge on any atom is -0.300 e. The molecule has 16 heavy (non-hydrogen) atoms. The first-order valence-corrected chi connectivity index (χ1v) is 7.08. The summed E-state index contributed by atoms with van der Waals surface area (Å²) in [6.07, 6.45) is 10.8. The number of hydrogen-bond acceptors (Lipinski definition) is 1. The van der Waals surface area contributed by atoms with Gasteiger partial charge in [0.15, 0.2) is 0 Å². The lowest BCUT2D eigenvalue weighted by molar-refractivity contribution is -0.124. The Balaban J connectivity index is 2.25. The van der Waals surface area contributed by atoms with Gasteiger partial charge in [-0.15, -0.1) is 0 Å². The molecule has 0 amide bonds. The zero-order chi connectivity index (χ0) is 12.0. The summed E-state index contributed by atoms with van der Waals surface area (Å²) < 4.78 is 0. The quantitative estimate of drug-likeness (QED) is 0.595. The smallest absolute Gasteiger partial charge is 0.133 e. The third-order valence-electron chi connectivity index (χ3n) is 4.28. The van der Waals surface area contributed by atoms with Gasteiger partial charge in [0.25, 0.3) is 0 Å². The lowest BCUT2D eigenvalue weighted by Crippen LogP contribution is -2.31. The highest BCUT2D eigenvalue weighted by Crippen LogP contribution is 2.41. The van der Waals surface area contributed by atoms with E-state index in [0.717, 1.165) is 19.3 Å². The van der Waals surface area contributed by atoms with Crippen LogP contribution in [0.5, 0.6) is 0 Å². The Morgan fingerprint density at radius 1 is 1.19 bits per heavy atom. The van der Waals surface area contributed by atoms with E-state index >= 15 is 0 Å². The molecule has 0 aromatic carbocycles. The SMILES string of the molecule is CCCCCCCC1CC(=O)CCC1(C)C. The van der Waals surface area contributed by atoms with Crippen molar-refractivity contribution < 1.29 is 4.79 Å². The van der Waals surface area contributed by atoms with E-state index in [1.165, 1.54) is 38.5 Å². The van der Waals surface area contributed by atoms with Gasteiger partial charge in [-0.05, 0) is 24.2 Å². The molecular weight excluding hydrogens is 196 g/mol. The summed E-state index contributed by atoms with van der Waals surface area (Å²) in [6, 6.07) is 0. The highest BCUT2D eigenvalue weighted by atomic mass is 16.1. The van der Waals surface area contributed by atoms with Crippen molar-refractivity contribution in [2.75, 3.05) is 0 Å². The second-order valence-corrected chi connectivity index (χ2v) is 6.13. The maximum Gasteiger partial charge on any atom is 0.133 e. The van der Waals surface area contributed by atoms with Gasteiger partial charge in [0, 0.05) is 12.8 Å². The van der Waals surface area contributed by atoms with Gasteiger partial charge in [-0.25, -0.2) is 0 Å². The molecule has 94 valence electrons. The molecule has 0 spiro atoms. The van der Waals surface area contributed by atoms with Crippen LogP contribution in [0.3, 0.4) is 0 Å². The summed E-state index contributed by atoms with van der Waals surface area (Å²) >= 11 is 0. The van der Waals surface area contributed by atoms with Crippen molar-refractivity contribution in [1.82, 2.24) is 0 Å². The fourth-order valence-electron chi connectivity index (χ4n) is 2.81. The van der Waals surface area contributed by atoms with Gasteiger partial charge in [0.2, 0.25) is 0 Å². The third kappa shape index (κ3) is 4.27. The number of ketones is 1. The van der Waals surface area contributed by atoms with Crippen molar-refractivity contribution in [2.24, 2.45) is 11.3 Å². The van der Waals surface area contributed by atoms with E-state index in [0.29, 0.717) is 17.1 Å².